The predicted molar refractivity (Wildman–Crippen MR) is 318 cm³/mol. The van der Waals surface area contributed by atoms with Crippen molar-refractivity contribution in [3.63, 3.8) is 0 Å². The Morgan fingerprint density at radius 1 is 0.171 bits per heavy atom. The molecular formula is C76H50. The molecule has 0 N–H and O–H groups in total. The maximum absolute atomic E-state index is 2.54. The summed E-state index contributed by atoms with van der Waals surface area (Å²) in [5, 5.41) is 4.93. The first kappa shape index (κ1) is 43.9. The Labute approximate surface area is 444 Å². The number of hydrogen-bond acceptors (Lipinski definition) is 0. The molecule has 354 valence electrons. The molecule has 0 spiro atoms. The van der Waals surface area contributed by atoms with Crippen molar-refractivity contribution in [3.8, 4) is 66.8 Å². The van der Waals surface area contributed by atoms with Gasteiger partial charge in [-0.25, -0.2) is 0 Å². The minimum absolute atomic E-state index is 0.576. The fourth-order valence-electron chi connectivity index (χ4n) is 13.7. The molecule has 0 aliphatic heterocycles. The topological polar surface area (TPSA) is 0 Å². The Bertz CT molecular complexity index is 3930. The average Bonchev–Trinajstić information content (AvgIpc) is 3.97. The van der Waals surface area contributed by atoms with Crippen LogP contribution in [0.2, 0.25) is 0 Å². The molecule has 0 saturated carbocycles. The third-order valence-electron chi connectivity index (χ3n) is 16.8. The van der Waals surface area contributed by atoms with Gasteiger partial charge in [-0.15, -0.1) is 0 Å². The van der Waals surface area contributed by atoms with Gasteiger partial charge in [-0.3, -0.25) is 0 Å². The Hall–Kier alpha value is -9.62. The number of rotatable bonds is 8. The number of benzene rings is 13. The third-order valence-corrected chi connectivity index (χ3v) is 16.8. The van der Waals surface area contributed by atoms with Crippen LogP contribution in [0.3, 0.4) is 0 Å². The number of hydrogen-bond donors (Lipinski definition) is 0. The molecule has 0 heterocycles. The van der Waals surface area contributed by atoms with E-state index in [4.69, 9.17) is 0 Å². The molecular weight excluding hydrogens is 913 g/mol. The van der Waals surface area contributed by atoms with E-state index in [1.165, 1.54) is 133 Å². The van der Waals surface area contributed by atoms with Crippen LogP contribution in [0.1, 0.15) is 44.5 Å². The van der Waals surface area contributed by atoms with Crippen molar-refractivity contribution in [2.75, 3.05) is 0 Å². The summed E-state index contributed by atoms with van der Waals surface area (Å²) in [7, 11) is 0. The van der Waals surface area contributed by atoms with Crippen molar-refractivity contribution < 1.29 is 0 Å². The molecule has 0 heteroatoms. The van der Waals surface area contributed by atoms with Crippen LogP contribution in [0.15, 0.2) is 303 Å². The van der Waals surface area contributed by atoms with Crippen molar-refractivity contribution in [3.05, 3.63) is 348 Å². The smallest absolute Gasteiger partial charge is 0.0622 e. The molecule has 0 unspecified atom stereocenters. The zero-order chi connectivity index (χ0) is 50.2. The molecule has 15 rings (SSSR count). The maximum Gasteiger partial charge on any atom is 0.0713 e. The van der Waals surface area contributed by atoms with Crippen molar-refractivity contribution in [1.29, 1.82) is 0 Å². The minimum Gasteiger partial charge on any atom is -0.0622 e. The van der Waals surface area contributed by atoms with Crippen LogP contribution in [0.25, 0.3) is 88.3 Å². The highest BCUT2D eigenvalue weighted by atomic mass is 14.5. The second-order valence-corrected chi connectivity index (χ2v) is 20.6. The van der Waals surface area contributed by atoms with Gasteiger partial charge in [0.05, 0.1) is 10.8 Å². The fraction of sp³-hybridized carbons (Fsp3) is 0.0263. The van der Waals surface area contributed by atoms with Crippen LogP contribution in [-0.2, 0) is 10.8 Å². The quantitative estimate of drug-likeness (QED) is 0.133. The summed E-state index contributed by atoms with van der Waals surface area (Å²) < 4.78 is 0. The van der Waals surface area contributed by atoms with Crippen molar-refractivity contribution >= 4 is 21.5 Å². The summed E-state index contributed by atoms with van der Waals surface area (Å²) in [6.07, 6.45) is 0. The summed E-state index contributed by atoms with van der Waals surface area (Å²) in [5.74, 6) is 0. The van der Waals surface area contributed by atoms with Gasteiger partial charge in [0.1, 0.15) is 0 Å². The lowest BCUT2D eigenvalue weighted by Crippen LogP contribution is -2.28. The van der Waals surface area contributed by atoms with Crippen LogP contribution >= 0.6 is 0 Å². The first-order valence-electron chi connectivity index (χ1n) is 26.6. The largest absolute Gasteiger partial charge is 0.0713 e. The van der Waals surface area contributed by atoms with E-state index in [9.17, 15) is 0 Å². The van der Waals surface area contributed by atoms with Gasteiger partial charge in [-0.2, -0.15) is 0 Å². The van der Waals surface area contributed by atoms with Crippen LogP contribution < -0.4 is 0 Å². The molecule has 0 aromatic heterocycles. The van der Waals surface area contributed by atoms with Crippen LogP contribution in [-0.4, -0.2) is 0 Å². The van der Waals surface area contributed by atoms with E-state index in [1.807, 2.05) is 0 Å². The fourth-order valence-corrected chi connectivity index (χ4v) is 13.7. The van der Waals surface area contributed by atoms with Crippen molar-refractivity contribution in [2.45, 2.75) is 10.8 Å². The standard InChI is InChI=1S/C76H50/c1-7-23-51(24-8-1)53-39-43-61-63-45-41-55(49-71(63)75(69(61)47-53,57-27-11-3-12-28-57)58-29-13-4-14-30-58)73-65-35-19-21-37-67(65)74(68-38-22-20-36-66(68)73)56-42-46-64-62-44-40-54(52-25-9-2-10-26-52)48-70(62)76(72(64)50-56,59-31-15-5-16-32-59)60-33-17-6-18-34-60/h1-50H. The Balaban J connectivity index is 0.975. The van der Waals surface area contributed by atoms with Crippen molar-refractivity contribution in [1.82, 2.24) is 0 Å². The normalized spacial score (nSPS) is 13.5. The second kappa shape index (κ2) is 17.5. The van der Waals surface area contributed by atoms with Gasteiger partial charge in [0.15, 0.2) is 0 Å². The Morgan fingerprint density at radius 2 is 0.395 bits per heavy atom. The van der Waals surface area contributed by atoms with Crippen LogP contribution in [0.5, 0.6) is 0 Å². The lowest BCUT2D eigenvalue weighted by Gasteiger charge is -2.34. The zero-order valence-electron chi connectivity index (χ0n) is 41.9. The molecule has 76 heavy (non-hydrogen) atoms. The molecule has 13 aromatic carbocycles. The van der Waals surface area contributed by atoms with Gasteiger partial charge in [0.2, 0.25) is 0 Å². The van der Waals surface area contributed by atoms with E-state index in [2.05, 4.69) is 303 Å². The zero-order valence-corrected chi connectivity index (χ0v) is 41.9. The molecule has 0 atom stereocenters. The molecule has 0 fully saturated rings. The first-order chi connectivity index (χ1) is 37.7. The van der Waals surface area contributed by atoms with Crippen LogP contribution in [0.4, 0.5) is 0 Å². The second-order valence-electron chi connectivity index (χ2n) is 20.6. The monoisotopic (exact) mass is 962 g/mol. The van der Waals surface area contributed by atoms with Gasteiger partial charge < -0.3 is 0 Å². The van der Waals surface area contributed by atoms with E-state index in [-0.39, 0.29) is 0 Å². The summed E-state index contributed by atoms with van der Waals surface area (Å²) in [5.41, 5.74) is 23.9. The van der Waals surface area contributed by atoms with Crippen LogP contribution in [0, 0.1) is 0 Å². The molecule has 2 aliphatic carbocycles. The lowest BCUT2D eigenvalue weighted by atomic mass is 9.67. The molecule has 13 aromatic rings. The number of fused-ring (bicyclic) bond motifs is 8. The third kappa shape index (κ3) is 6.44. The van der Waals surface area contributed by atoms with Gasteiger partial charge in [0, 0.05) is 0 Å². The molecule has 0 radical (unpaired) electrons. The lowest BCUT2D eigenvalue weighted by molar-refractivity contribution is 0.769. The van der Waals surface area contributed by atoms with E-state index in [0.717, 1.165) is 0 Å². The molecule has 0 nitrogen and oxygen atoms in total. The van der Waals surface area contributed by atoms with Gasteiger partial charge in [-0.05, 0) is 157 Å². The molecule has 0 amide bonds. The molecule has 0 bridgehead atoms. The Morgan fingerprint density at radius 3 is 0.671 bits per heavy atom. The summed E-state index contributed by atoms with van der Waals surface area (Å²) in [4.78, 5) is 0. The minimum atomic E-state index is -0.576. The highest BCUT2D eigenvalue weighted by Crippen LogP contribution is 2.60. The molecule has 2 aliphatic rings. The summed E-state index contributed by atoms with van der Waals surface area (Å²) in [6.45, 7) is 0. The average molecular weight is 963 g/mol. The SMILES string of the molecule is c1ccc(-c2ccc3c(c2)C(c2ccccc2)(c2ccccc2)c2cc(-c4c5ccccc5c(-c5ccc6c(c5)C(c5ccccc5)(c5ccccc5)c5cc(-c7ccccc7)ccc5-6)c5ccccc45)ccc2-3)cc1. The van der Waals surface area contributed by atoms with E-state index in [0.29, 0.717) is 0 Å². The van der Waals surface area contributed by atoms with Gasteiger partial charge in [0.25, 0.3) is 0 Å². The van der Waals surface area contributed by atoms with E-state index < -0.39 is 10.8 Å². The Kier molecular flexibility index (Phi) is 10.1. The van der Waals surface area contributed by atoms with Crippen molar-refractivity contribution in [2.24, 2.45) is 0 Å². The maximum atomic E-state index is 2.54. The van der Waals surface area contributed by atoms with Gasteiger partial charge in [-0.1, -0.05) is 279 Å². The van der Waals surface area contributed by atoms with Gasteiger partial charge >= 0.3 is 0 Å². The highest BCUT2D eigenvalue weighted by molar-refractivity contribution is 6.21. The molecule has 0 saturated heterocycles. The summed E-state index contributed by atoms with van der Waals surface area (Å²) >= 11 is 0. The summed E-state index contributed by atoms with van der Waals surface area (Å²) in [6, 6.07) is 114. The van der Waals surface area contributed by atoms with E-state index >= 15 is 0 Å². The first-order valence-corrected chi connectivity index (χ1v) is 26.6. The van der Waals surface area contributed by atoms with E-state index in [1.54, 1.807) is 0 Å². The predicted octanol–water partition coefficient (Wildman–Crippen LogP) is 19.4. The highest BCUT2D eigenvalue weighted by Gasteiger charge is 2.48.